The van der Waals surface area contributed by atoms with E-state index in [2.05, 4.69) is 0 Å². The lowest BCUT2D eigenvalue weighted by molar-refractivity contribution is -0.124. The molecule has 13 heavy (non-hydrogen) atoms. The van der Waals surface area contributed by atoms with Crippen LogP contribution in [-0.2, 0) is 9.53 Å². The van der Waals surface area contributed by atoms with Gasteiger partial charge < -0.3 is 20.0 Å². The van der Waals surface area contributed by atoms with Crippen LogP contribution in [0, 0.1) is 0 Å². The Hall–Kier alpha value is -1.91. The number of furan rings is 1. The first kappa shape index (κ1) is 7.72. The van der Waals surface area contributed by atoms with Crippen molar-refractivity contribution in [1.29, 1.82) is 0 Å². The Morgan fingerprint density at radius 2 is 2.31 bits per heavy atom. The number of carbonyl (C=O) groups is 1. The summed E-state index contributed by atoms with van der Waals surface area (Å²) < 4.78 is 9.84. The van der Waals surface area contributed by atoms with Crippen LogP contribution in [0.25, 0.3) is 0 Å². The zero-order valence-corrected chi connectivity index (χ0v) is 6.56. The Balaban J connectivity index is 2.29. The van der Waals surface area contributed by atoms with Gasteiger partial charge in [0.25, 0.3) is 5.78 Å². The van der Waals surface area contributed by atoms with Crippen molar-refractivity contribution in [2.24, 2.45) is 5.73 Å². The third kappa shape index (κ3) is 1.05. The van der Waals surface area contributed by atoms with E-state index in [-0.39, 0.29) is 5.88 Å². The minimum atomic E-state index is -0.935. The van der Waals surface area contributed by atoms with Gasteiger partial charge in [0.15, 0.2) is 5.76 Å². The van der Waals surface area contributed by atoms with Gasteiger partial charge in [-0.2, -0.15) is 0 Å². The summed E-state index contributed by atoms with van der Waals surface area (Å²) in [6.07, 6.45) is 0.479. The molecule has 1 aromatic heterocycles. The molecule has 1 unspecified atom stereocenters. The smallest absolute Gasteiger partial charge is 0.251 e. The zero-order valence-electron chi connectivity index (χ0n) is 6.56. The molecule has 3 N–H and O–H groups in total. The molecular weight excluding hydrogens is 174 g/mol. The monoisotopic (exact) mass is 181 g/mol. The number of aliphatic hydroxyl groups excluding tert-OH is 1. The molecule has 5 heteroatoms. The van der Waals surface area contributed by atoms with Gasteiger partial charge in [-0.25, -0.2) is 0 Å². The molecule has 0 radical (unpaired) electrons. The summed E-state index contributed by atoms with van der Waals surface area (Å²) >= 11 is 0. The molecular formula is C8H7NO4. The largest absolute Gasteiger partial charge is 0.501 e. The molecule has 1 aliphatic rings. The van der Waals surface area contributed by atoms with Crippen LogP contribution < -0.4 is 5.73 Å². The zero-order chi connectivity index (χ0) is 9.42. The lowest BCUT2D eigenvalue weighted by Crippen LogP contribution is -2.08. The van der Waals surface area contributed by atoms with Crippen molar-refractivity contribution in [3.05, 3.63) is 35.8 Å². The molecule has 2 heterocycles. The Morgan fingerprint density at radius 3 is 2.77 bits per heavy atom. The van der Waals surface area contributed by atoms with Crippen LogP contribution in [0.2, 0.25) is 0 Å². The van der Waals surface area contributed by atoms with Crippen molar-refractivity contribution in [3.63, 3.8) is 0 Å². The van der Waals surface area contributed by atoms with Gasteiger partial charge in [-0.05, 0) is 12.1 Å². The average molecular weight is 181 g/mol. The fourth-order valence-electron chi connectivity index (χ4n) is 1.11. The lowest BCUT2D eigenvalue weighted by atomic mass is 10.2. The second-order valence-electron chi connectivity index (χ2n) is 2.59. The summed E-state index contributed by atoms with van der Waals surface area (Å²) in [7, 11) is 0. The Bertz CT molecular complexity index is 366. The predicted molar refractivity (Wildman–Crippen MR) is 41.4 cm³/mol. The Labute approximate surface area is 73.4 Å². The number of ether oxygens (including phenoxy) is 1. The molecule has 1 aromatic rings. The molecule has 1 aliphatic heterocycles. The van der Waals surface area contributed by atoms with Gasteiger partial charge in [0, 0.05) is 0 Å². The second kappa shape index (κ2) is 2.55. The first-order valence-electron chi connectivity index (χ1n) is 3.63. The summed E-state index contributed by atoms with van der Waals surface area (Å²) in [5.74, 6) is -1.04. The first-order valence-corrected chi connectivity index (χ1v) is 3.63. The van der Waals surface area contributed by atoms with E-state index in [0.29, 0.717) is 5.76 Å². The molecule has 0 spiro atoms. The summed E-state index contributed by atoms with van der Waals surface area (Å²) in [6, 6.07) is 3.20. The van der Waals surface area contributed by atoms with E-state index < -0.39 is 17.6 Å². The Kier molecular flexibility index (Phi) is 1.51. The molecule has 5 nitrogen and oxygen atoms in total. The summed E-state index contributed by atoms with van der Waals surface area (Å²) in [6.45, 7) is 0. The number of Topliss-reactive ketones (excluding diaryl/α,β-unsaturated/α-hetero) is 1. The molecule has 0 aliphatic carbocycles. The minimum absolute atomic E-state index is 0.258. The van der Waals surface area contributed by atoms with E-state index in [4.69, 9.17) is 20.0 Å². The molecule has 68 valence electrons. The maximum atomic E-state index is 11.2. The number of hydrogen-bond donors (Lipinski definition) is 2. The number of aliphatic hydroxyl groups is 1. The maximum absolute atomic E-state index is 11.2. The van der Waals surface area contributed by atoms with Crippen molar-refractivity contribution >= 4 is 5.78 Å². The molecule has 0 fully saturated rings. The van der Waals surface area contributed by atoms with Crippen LogP contribution in [0.4, 0.5) is 0 Å². The third-order valence-corrected chi connectivity index (χ3v) is 1.75. The fraction of sp³-hybridized carbons (Fsp3) is 0.125. The fourth-order valence-corrected chi connectivity index (χ4v) is 1.11. The van der Waals surface area contributed by atoms with Gasteiger partial charge in [0.1, 0.15) is 0 Å². The Morgan fingerprint density at radius 1 is 1.54 bits per heavy atom. The van der Waals surface area contributed by atoms with E-state index >= 15 is 0 Å². The van der Waals surface area contributed by atoms with Gasteiger partial charge in [-0.1, -0.05) is 0 Å². The van der Waals surface area contributed by atoms with Crippen LogP contribution in [0.1, 0.15) is 11.9 Å². The van der Waals surface area contributed by atoms with Gasteiger partial charge in [0.2, 0.25) is 17.7 Å². The maximum Gasteiger partial charge on any atom is 0.251 e. The minimum Gasteiger partial charge on any atom is -0.501 e. The number of carbonyl (C=O) groups excluding carboxylic acids is 1. The summed E-state index contributed by atoms with van der Waals surface area (Å²) in [4.78, 5) is 11.2. The van der Waals surface area contributed by atoms with Crippen LogP contribution in [0.5, 0.6) is 0 Å². The molecule has 0 bridgehead atoms. The van der Waals surface area contributed by atoms with Gasteiger partial charge in [-0.3, -0.25) is 4.79 Å². The van der Waals surface area contributed by atoms with E-state index in [1.54, 1.807) is 12.1 Å². The van der Waals surface area contributed by atoms with Crippen molar-refractivity contribution in [1.82, 2.24) is 0 Å². The average Bonchev–Trinajstić information content (AvgIpc) is 2.70. The lowest BCUT2D eigenvalue weighted by Gasteiger charge is -2.04. The molecule has 0 amide bonds. The highest BCUT2D eigenvalue weighted by Crippen LogP contribution is 2.29. The van der Waals surface area contributed by atoms with Gasteiger partial charge in [0.05, 0.1) is 6.26 Å². The highest BCUT2D eigenvalue weighted by molar-refractivity contribution is 5.99. The molecule has 2 rings (SSSR count). The van der Waals surface area contributed by atoms with Crippen LogP contribution in [0.15, 0.2) is 34.5 Å². The summed E-state index contributed by atoms with van der Waals surface area (Å²) in [5.41, 5.74) is 5.21. The van der Waals surface area contributed by atoms with Crippen LogP contribution in [0.3, 0.4) is 0 Å². The molecule has 1 atom stereocenters. The number of nitrogens with two attached hydrogens (primary N) is 1. The van der Waals surface area contributed by atoms with Crippen LogP contribution in [-0.4, -0.2) is 10.9 Å². The third-order valence-electron chi connectivity index (χ3n) is 1.75. The highest BCUT2D eigenvalue weighted by Gasteiger charge is 2.37. The van der Waals surface area contributed by atoms with Crippen molar-refractivity contribution in [2.45, 2.75) is 6.10 Å². The van der Waals surface area contributed by atoms with Gasteiger partial charge in [-0.15, -0.1) is 0 Å². The van der Waals surface area contributed by atoms with Crippen molar-refractivity contribution < 1.29 is 19.1 Å². The van der Waals surface area contributed by atoms with E-state index in [0.717, 1.165) is 0 Å². The number of ketones is 1. The van der Waals surface area contributed by atoms with Crippen molar-refractivity contribution in [2.75, 3.05) is 0 Å². The molecule has 0 saturated heterocycles. The SMILES string of the molecule is NC1=C(O)C(=O)C(c2ccco2)O1. The second-order valence-corrected chi connectivity index (χ2v) is 2.59. The number of rotatable bonds is 1. The van der Waals surface area contributed by atoms with E-state index in [1.807, 2.05) is 0 Å². The normalized spacial score (nSPS) is 22.2. The van der Waals surface area contributed by atoms with Crippen LogP contribution >= 0.6 is 0 Å². The standard InChI is InChI=1S/C8H7NO4/c9-8-6(11)5(10)7(13-8)4-2-1-3-12-4/h1-3,7,11H,9H2. The highest BCUT2D eigenvalue weighted by atomic mass is 16.5. The topological polar surface area (TPSA) is 85.7 Å². The van der Waals surface area contributed by atoms with E-state index in [9.17, 15) is 4.79 Å². The van der Waals surface area contributed by atoms with E-state index in [1.165, 1.54) is 6.26 Å². The van der Waals surface area contributed by atoms with Gasteiger partial charge >= 0.3 is 0 Å². The predicted octanol–water partition coefficient (Wildman–Crippen LogP) is 0.606. The first-order chi connectivity index (χ1) is 6.20. The van der Waals surface area contributed by atoms with Crippen molar-refractivity contribution in [3.8, 4) is 0 Å². The molecule has 0 aromatic carbocycles. The number of hydrogen-bond acceptors (Lipinski definition) is 5. The summed E-state index contributed by atoms with van der Waals surface area (Å²) in [5, 5.41) is 9.07. The molecule has 0 saturated carbocycles. The quantitative estimate of drug-likeness (QED) is 0.662.